The summed E-state index contributed by atoms with van der Waals surface area (Å²) in [6, 6.07) is 29.6. The van der Waals surface area contributed by atoms with Gasteiger partial charge in [0.1, 0.15) is 11.4 Å². The van der Waals surface area contributed by atoms with E-state index < -0.39 is 21.8 Å². The van der Waals surface area contributed by atoms with Crippen molar-refractivity contribution in [3.05, 3.63) is 152 Å². The Kier molecular flexibility index (Phi) is 14.6. The van der Waals surface area contributed by atoms with Crippen LogP contribution in [0.25, 0.3) is 45.0 Å². The number of aliphatic hydroxyl groups is 1. The Bertz CT molecular complexity index is 2540. The van der Waals surface area contributed by atoms with Gasteiger partial charge in [-0.3, -0.25) is 20.2 Å². The lowest BCUT2D eigenvalue weighted by molar-refractivity contribution is -0.384. The Morgan fingerprint density at radius 1 is 0.689 bits per heavy atom. The Balaban J connectivity index is 0.000000207. The average Bonchev–Trinajstić information content (AvgIpc) is 3.31. The summed E-state index contributed by atoms with van der Waals surface area (Å²) >= 11 is 0. The summed E-state index contributed by atoms with van der Waals surface area (Å²) in [7, 11) is 2.62. The highest BCUT2D eigenvalue weighted by atomic mass is 16.7. The number of aromatic nitrogens is 4. The van der Waals surface area contributed by atoms with Crippen molar-refractivity contribution in [3.8, 4) is 45.0 Å². The molecule has 1 N–H and O–H groups in total. The van der Waals surface area contributed by atoms with Gasteiger partial charge in [0.15, 0.2) is 6.29 Å². The highest BCUT2D eigenvalue weighted by Crippen LogP contribution is 2.33. The van der Waals surface area contributed by atoms with Crippen molar-refractivity contribution in [1.82, 2.24) is 20.4 Å². The van der Waals surface area contributed by atoms with Crippen LogP contribution in [0.3, 0.4) is 0 Å². The Morgan fingerprint density at radius 2 is 1.20 bits per heavy atom. The molecule has 0 amide bonds. The molecule has 17 nitrogen and oxygen atoms in total. The van der Waals surface area contributed by atoms with Crippen LogP contribution in [-0.2, 0) is 32.0 Å². The fourth-order valence-corrected chi connectivity index (χ4v) is 6.58. The summed E-state index contributed by atoms with van der Waals surface area (Å²) < 4.78 is 21.2. The molecule has 1 saturated heterocycles. The molecule has 1 aliphatic heterocycles. The monoisotopic (exact) mass is 828 g/mol. The summed E-state index contributed by atoms with van der Waals surface area (Å²) in [5, 5.41) is 49.3. The second kappa shape index (κ2) is 20.6. The van der Waals surface area contributed by atoms with Crippen molar-refractivity contribution in [2.24, 2.45) is 0 Å². The molecular weight excluding hydrogens is 789 g/mol. The highest BCUT2D eigenvalue weighted by Gasteiger charge is 2.22. The van der Waals surface area contributed by atoms with Gasteiger partial charge in [0.2, 0.25) is 0 Å². The van der Waals surface area contributed by atoms with Crippen LogP contribution in [0.2, 0.25) is 0 Å². The molecule has 312 valence electrons. The maximum absolute atomic E-state index is 12.0. The van der Waals surface area contributed by atoms with Gasteiger partial charge < -0.3 is 24.1 Å². The van der Waals surface area contributed by atoms with Gasteiger partial charge in [-0.1, -0.05) is 48.5 Å². The third-order valence-corrected chi connectivity index (χ3v) is 9.56. The molecule has 0 aliphatic carbocycles. The Morgan fingerprint density at radius 3 is 1.67 bits per heavy atom. The molecule has 1 atom stereocenters. The minimum atomic E-state index is -0.477. The van der Waals surface area contributed by atoms with E-state index in [2.05, 4.69) is 20.4 Å². The SMILES string of the molecule is COC(=O)c1cccc(-c2nnc(-c3ccccc3[N+](=O)[O-])cc2CCO)c1.COC(=O)c1cccc(-c2nnc(-c3ccccc3[N+](=O)[O-])cc2COC2CCCCO2)c1. The third-order valence-electron chi connectivity index (χ3n) is 9.56. The van der Waals surface area contributed by atoms with Crippen molar-refractivity contribution in [1.29, 1.82) is 0 Å². The Hall–Kier alpha value is -7.34. The quantitative estimate of drug-likeness (QED) is 0.0671. The van der Waals surface area contributed by atoms with E-state index in [9.17, 15) is 34.9 Å². The number of ether oxygens (including phenoxy) is 4. The molecule has 0 radical (unpaired) electrons. The standard InChI is InChI=1S/C24H23N3O6.C20H17N3O5/c1-31-24(28)17-8-6-7-16(13-17)23-18(15-33-22-11-4-5-12-32-22)14-20(25-26-23)19-9-2-3-10-21(19)27(29)30;1-28-20(25)15-6-4-5-13(11-15)19-14(9-10-24)12-17(21-22-19)16-7-2-3-8-18(16)23(26)27/h2-3,6-10,13-14,22H,4-5,11-12,15H2,1H3;2-8,11-12,24H,9-10H2,1H3. The van der Waals surface area contributed by atoms with Crippen LogP contribution in [0, 0.1) is 20.2 Å². The lowest BCUT2D eigenvalue weighted by atomic mass is 10.00. The van der Waals surface area contributed by atoms with Gasteiger partial charge in [0.05, 0.1) is 64.3 Å². The topological polar surface area (TPSA) is 229 Å². The van der Waals surface area contributed by atoms with E-state index in [4.69, 9.17) is 18.9 Å². The van der Waals surface area contributed by atoms with Crippen molar-refractivity contribution < 1.29 is 43.5 Å². The van der Waals surface area contributed by atoms with Crippen LogP contribution in [0.15, 0.2) is 109 Å². The smallest absolute Gasteiger partial charge is 0.337 e. The molecule has 1 fully saturated rings. The fourth-order valence-electron chi connectivity index (χ4n) is 6.58. The number of nitrogens with zero attached hydrogens (tertiary/aromatic N) is 6. The summed E-state index contributed by atoms with van der Waals surface area (Å²) in [6.07, 6.45) is 2.78. The molecule has 0 spiro atoms. The van der Waals surface area contributed by atoms with E-state index in [1.807, 2.05) is 6.07 Å². The molecular formula is C44H40N6O11. The number of carbonyl (C=O) groups excluding carboxylic acids is 2. The second-order valence-electron chi connectivity index (χ2n) is 13.5. The minimum absolute atomic E-state index is 0.0604. The summed E-state index contributed by atoms with van der Waals surface area (Å²) in [4.78, 5) is 45.7. The predicted molar refractivity (Wildman–Crippen MR) is 221 cm³/mol. The van der Waals surface area contributed by atoms with E-state index in [-0.39, 0.29) is 37.3 Å². The maximum atomic E-state index is 12.0. The molecule has 2 aromatic heterocycles. The van der Waals surface area contributed by atoms with E-state index in [1.165, 1.54) is 26.4 Å². The number of hydrogen-bond donors (Lipinski definition) is 1. The molecule has 6 aromatic rings. The zero-order valence-corrected chi connectivity index (χ0v) is 33.1. The number of esters is 2. The lowest BCUT2D eigenvalue weighted by Gasteiger charge is -2.23. The van der Waals surface area contributed by atoms with E-state index in [1.54, 1.807) is 91.0 Å². The van der Waals surface area contributed by atoms with Crippen LogP contribution >= 0.6 is 0 Å². The molecule has 3 heterocycles. The number of aliphatic hydroxyl groups excluding tert-OH is 1. The normalized spacial score (nSPS) is 13.3. The number of rotatable bonds is 13. The Labute approximate surface area is 349 Å². The first-order valence-electron chi connectivity index (χ1n) is 19.0. The lowest BCUT2D eigenvalue weighted by Crippen LogP contribution is -2.22. The van der Waals surface area contributed by atoms with Gasteiger partial charge in [-0.05, 0) is 79.8 Å². The second-order valence-corrected chi connectivity index (χ2v) is 13.5. The summed E-state index contributed by atoms with van der Waals surface area (Å²) in [6.45, 7) is 0.687. The van der Waals surface area contributed by atoms with Crippen LogP contribution in [-0.4, -0.2) is 81.0 Å². The first-order valence-corrected chi connectivity index (χ1v) is 19.0. The zero-order valence-electron chi connectivity index (χ0n) is 33.1. The number of benzene rings is 4. The van der Waals surface area contributed by atoms with Crippen LogP contribution in [0.1, 0.15) is 51.1 Å². The van der Waals surface area contributed by atoms with Crippen molar-refractivity contribution in [2.45, 2.75) is 38.6 Å². The number of methoxy groups -OCH3 is 2. The molecule has 1 aliphatic rings. The molecule has 7 rings (SSSR count). The number of para-hydroxylation sites is 2. The molecule has 61 heavy (non-hydrogen) atoms. The predicted octanol–water partition coefficient (Wildman–Crippen LogP) is 7.59. The third kappa shape index (κ3) is 10.6. The number of nitro benzene ring substituents is 2. The number of carbonyl (C=O) groups is 2. The van der Waals surface area contributed by atoms with Crippen molar-refractivity contribution >= 4 is 23.3 Å². The van der Waals surface area contributed by atoms with Gasteiger partial charge in [-0.2, -0.15) is 0 Å². The summed E-state index contributed by atoms with van der Waals surface area (Å²) in [5.41, 5.74) is 5.62. The first-order chi connectivity index (χ1) is 29.6. The molecule has 0 saturated carbocycles. The van der Waals surface area contributed by atoms with Gasteiger partial charge in [0.25, 0.3) is 11.4 Å². The average molecular weight is 829 g/mol. The van der Waals surface area contributed by atoms with E-state index in [0.29, 0.717) is 73.9 Å². The maximum Gasteiger partial charge on any atom is 0.337 e. The van der Waals surface area contributed by atoms with Crippen LogP contribution in [0.4, 0.5) is 11.4 Å². The van der Waals surface area contributed by atoms with E-state index in [0.717, 1.165) is 19.3 Å². The molecule has 1 unspecified atom stereocenters. The van der Waals surface area contributed by atoms with Gasteiger partial charge in [-0.15, -0.1) is 20.4 Å². The molecule has 17 heteroatoms. The van der Waals surface area contributed by atoms with E-state index >= 15 is 0 Å². The van der Waals surface area contributed by atoms with Gasteiger partial charge >= 0.3 is 11.9 Å². The summed E-state index contributed by atoms with van der Waals surface area (Å²) in [5.74, 6) is -0.940. The van der Waals surface area contributed by atoms with Crippen LogP contribution < -0.4 is 0 Å². The minimum Gasteiger partial charge on any atom is -0.465 e. The van der Waals surface area contributed by atoms with Crippen molar-refractivity contribution in [2.75, 3.05) is 27.4 Å². The largest absolute Gasteiger partial charge is 0.465 e. The highest BCUT2D eigenvalue weighted by molar-refractivity contribution is 5.91. The fraction of sp³-hybridized carbons (Fsp3) is 0.227. The first kappa shape index (κ1) is 43.2. The number of nitro groups is 2. The van der Waals surface area contributed by atoms with Gasteiger partial charge in [0, 0.05) is 42.0 Å². The van der Waals surface area contributed by atoms with Gasteiger partial charge in [-0.25, -0.2) is 9.59 Å². The van der Waals surface area contributed by atoms with Crippen molar-refractivity contribution in [3.63, 3.8) is 0 Å². The molecule has 0 bridgehead atoms. The van der Waals surface area contributed by atoms with Crippen LogP contribution in [0.5, 0.6) is 0 Å². The molecule has 4 aromatic carbocycles. The zero-order chi connectivity index (χ0) is 43.3. The number of hydrogen-bond acceptors (Lipinski definition) is 15.